The number of carbonyl (C=O) groups is 2. The summed E-state index contributed by atoms with van der Waals surface area (Å²) in [6.45, 7) is 2.18. The lowest BCUT2D eigenvalue weighted by atomic mass is 9.81. The molecule has 28 heavy (non-hydrogen) atoms. The van der Waals surface area contributed by atoms with Gasteiger partial charge in [0.1, 0.15) is 17.9 Å². The number of aryl methyl sites for hydroxylation is 1. The summed E-state index contributed by atoms with van der Waals surface area (Å²) in [7, 11) is 0. The molecule has 0 heterocycles. The molecule has 0 bridgehead atoms. The highest BCUT2D eigenvalue weighted by atomic mass is 35.5. The molecular weight excluding hydrogens is 378 g/mol. The number of carbonyl (C=O) groups excluding carboxylic acids is 1. The van der Waals surface area contributed by atoms with Gasteiger partial charge < -0.3 is 15.2 Å². The fourth-order valence-electron chi connectivity index (χ4n) is 3.56. The highest BCUT2D eigenvalue weighted by molar-refractivity contribution is 6.31. The second kappa shape index (κ2) is 8.65. The molecule has 1 aliphatic rings. The van der Waals surface area contributed by atoms with Crippen molar-refractivity contribution < 1.29 is 19.4 Å². The van der Waals surface area contributed by atoms with Gasteiger partial charge in [-0.3, -0.25) is 4.79 Å². The third-order valence-electron chi connectivity index (χ3n) is 5.25. The quantitative estimate of drug-likeness (QED) is 0.732. The van der Waals surface area contributed by atoms with Crippen LogP contribution in [0, 0.1) is 6.92 Å². The van der Waals surface area contributed by atoms with Crippen molar-refractivity contribution in [2.24, 2.45) is 0 Å². The summed E-state index contributed by atoms with van der Waals surface area (Å²) in [5, 5.41) is 13.0. The maximum Gasteiger partial charge on any atom is 0.329 e. The number of ether oxygens (including phenoxy) is 1. The van der Waals surface area contributed by atoms with E-state index in [4.69, 9.17) is 16.3 Å². The lowest BCUT2D eigenvalue weighted by Crippen LogP contribution is -2.55. The van der Waals surface area contributed by atoms with Crippen molar-refractivity contribution in [3.05, 3.63) is 64.2 Å². The standard InChI is InChI=1S/C22H24ClNO4/c1-15-13-16(20(25)24-22(21(26)27)11-5-2-6-12-22)9-10-19(15)28-14-17-7-3-4-8-18(17)23/h3-4,7-10,13H,2,5-6,11-12,14H2,1H3,(H,24,25)(H,26,27). The lowest BCUT2D eigenvalue weighted by molar-refractivity contribution is -0.145. The molecule has 1 fully saturated rings. The Bertz CT molecular complexity index is 875. The molecule has 1 aliphatic carbocycles. The van der Waals surface area contributed by atoms with Gasteiger partial charge in [0.2, 0.25) is 0 Å². The molecule has 0 unspecified atom stereocenters. The number of carboxylic acids is 1. The van der Waals surface area contributed by atoms with E-state index in [0.29, 0.717) is 35.8 Å². The molecule has 0 saturated heterocycles. The number of benzene rings is 2. The Kier molecular flexibility index (Phi) is 6.25. The summed E-state index contributed by atoms with van der Waals surface area (Å²) < 4.78 is 5.84. The number of amides is 1. The molecular formula is C22H24ClNO4. The first kappa shape index (κ1) is 20.2. The summed E-state index contributed by atoms with van der Waals surface area (Å²) in [6.07, 6.45) is 3.54. The van der Waals surface area contributed by atoms with Crippen molar-refractivity contribution in [2.45, 2.75) is 51.2 Å². The number of aliphatic carboxylic acids is 1. The zero-order chi connectivity index (χ0) is 20.1. The number of halogens is 1. The van der Waals surface area contributed by atoms with Gasteiger partial charge in [-0.05, 0) is 49.6 Å². The predicted molar refractivity (Wildman–Crippen MR) is 108 cm³/mol. The first-order valence-electron chi connectivity index (χ1n) is 9.44. The van der Waals surface area contributed by atoms with Gasteiger partial charge in [0.15, 0.2) is 0 Å². The van der Waals surface area contributed by atoms with E-state index in [9.17, 15) is 14.7 Å². The topological polar surface area (TPSA) is 75.6 Å². The van der Waals surface area contributed by atoms with Crippen molar-refractivity contribution in [3.8, 4) is 5.75 Å². The van der Waals surface area contributed by atoms with Crippen LogP contribution in [0.3, 0.4) is 0 Å². The van der Waals surface area contributed by atoms with E-state index in [1.807, 2.05) is 31.2 Å². The summed E-state index contributed by atoms with van der Waals surface area (Å²) in [5.74, 6) is -0.677. The van der Waals surface area contributed by atoms with E-state index < -0.39 is 11.5 Å². The highest BCUT2D eigenvalue weighted by Gasteiger charge is 2.41. The van der Waals surface area contributed by atoms with Gasteiger partial charge in [-0.2, -0.15) is 0 Å². The molecule has 1 amide bonds. The minimum absolute atomic E-state index is 0.328. The van der Waals surface area contributed by atoms with Crippen LogP contribution in [-0.4, -0.2) is 22.5 Å². The van der Waals surface area contributed by atoms with Gasteiger partial charge in [0.05, 0.1) is 0 Å². The van der Waals surface area contributed by atoms with Gasteiger partial charge in [0.25, 0.3) is 5.91 Å². The van der Waals surface area contributed by atoms with Crippen LogP contribution in [0.25, 0.3) is 0 Å². The van der Waals surface area contributed by atoms with Crippen molar-refractivity contribution in [3.63, 3.8) is 0 Å². The number of hydrogen-bond acceptors (Lipinski definition) is 3. The summed E-state index contributed by atoms with van der Waals surface area (Å²) in [6, 6.07) is 12.6. The van der Waals surface area contributed by atoms with E-state index >= 15 is 0 Å². The van der Waals surface area contributed by atoms with Crippen molar-refractivity contribution in [1.29, 1.82) is 0 Å². The summed E-state index contributed by atoms with van der Waals surface area (Å²) >= 11 is 6.15. The third kappa shape index (κ3) is 4.47. The largest absolute Gasteiger partial charge is 0.489 e. The van der Waals surface area contributed by atoms with Gasteiger partial charge >= 0.3 is 5.97 Å². The van der Waals surface area contributed by atoms with E-state index in [1.165, 1.54) is 0 Å². The maximum absolute atomic E-state index is 12.7. The number of carboxylic acid groups (broad SMARTS) is 1. The molecule has 0 spiro atoms. The molecule has 2 N–H and O–H groups in total. The molecule has 1 saturated carbocycles. The van der Waals surface area contributed by atoms with Gasteiger partial charge in [-0.1, -0.05) is 49.1 Å². The Morgan fingerprint density at radius 2 is 1.86 bits per heavy atom. The van der Waals surface area contributed by atoms with E-state index in [1.54, 1.807) is 18.2 Å². The van der Waals surface area contributed by atoms with Crippen LogP contribution >= 0.6 is 11.6 Å². The lowest BCUT2D eigenvalue weighted by Gasteiger charge is -2.34. The Morgan fingerprint density at radius 3 is 2.50 bits per heavy atom. The van der Waals surface area contributed by atoms with Crippen LogP contribution in [0.5, 0.6) is 5.75 Å². The van der Waals surface area contributed by atoms with Crippen LogP contribution in [0.15, 0.2) is 42.5 Å². The smallest absolute Gasteiger partial charge is 0.329 e. The van der Waals surface area contributed by atoms with E-state index in [-0.39, 0.29) is 5.91 Å². The fourth-order valence-corrected chi connectivity index (χ4v) is 3.75. The average Bonchev–Trinajstić information content (AvgIpc) is 2.68. The second-order valence-corrected chi connectivity index (χ2v) is 7.67. The predicted octanol–water partition coefficient (Wildman–Crippen LogP) is 4.74. The molecule has 0 radical (unpaired) electrons. The second-order valence-electron chi connectivity index (χ2n) is 7.26. The van der Waals surface area contributed by atoms with E-state index in [2.05, 4.69) is 5.32 Å². The molecule has 0 aromatic heterocycles. The number of nitrogens with one attached hydrogen (secondary N) is 1. The van der Waals surface area contributed by atoms with Crippen LogP contribution in [-0.2, 0) is 11.4 Å². The van der Waals surface area contributed by atoms with Crippen LogP contribution in [0.4, 0.5) is 0 Å². The van der Waals surface area contributed by atoms with Crippen molar-refractivity contribution >= 4 is 23.5 Å². The fraction of sp³-hybridized carbons (Fsp3) is 0.364. The van der Waals surface area contributed by atoms with E-state index in [0.717, 1.165) is 30.4 Å². The maximum atomic E-state index is 12.7. The first-order valence-corrected chi connectivity index (χ1v) is 9.82. The zero-order valence-corrected chi connectivity index (χ0v) is 16.6. The van der Waals surface area contributed by atoms with Crippen LogP contribution < -0.4 is 10.1 Å². The van der Waals surface area contributed by atoms with Gasteiger partial charge in [-0.25, -0.2) is 4.79 Å². The Balaban J connectivity index is 1.70. The molecule has 2 aromatic rings. The Labute approximate surface area is 169 Å². The average molecular weight is 402 g/mol. The van der Waals surface area contributed by atoms with Crippen LogP contribution in [0.2, 0.25) is 5.02 Å². The van der Waals surface area contributed by atoms with Crippen LogP contribution in [0.1, 0.15) is 53.6 Å². The van der Waals surface area contributed by atoms with Gasteiger partial charge in [0, 0.05) is 16.1 Å². The van der Waals surface area contributed by atoms with Crippen molar-refractivity contribution in [1.82, 2.24) is 5.32 Å². The van der Waals surface area contributed by atoms with Gasteiger partial charge in [-0.15, -0.1) is 0 Å². The van der Waals surface area contributed by atoms with Crippen molar-refractivity contribution in [2.75, 3.05) is 0 Å². The molecule has 3 rings (SSSR count). The third-order valence-corrected chi connectivity index (χ3v) is 5.62. The monoisotopic (exact) mass is 401 g/mol. The molecule has 0 atom stereocenters. The summed E-state index contributed by atoms with van der Waals surface area (Å²) in [4.78, 5) is 24.4. The molecule has 2 aromatic carbocycles. The SMILES string of the molecule is Cc1cc(C(=O)NC2(C(=O)O)CCCCC2)ccc1OCc1ccccc1Cl. The summed E-state index contributed by atoms with van der Waals surface area (Å²) in [5.41, 5.74) is 0.940. The highest BCUT2D eigenvalue weighted by Crippen LogP contribution is 2.29. The molecule has 148 valence electrons. The first-order chi connectivity index (χ1) is 13.4. The normalized spacial score (nSPS) is 15.6. The molecule has 5 nitrogen and oxygen atoms in total. The minimum atomic E-state index is -1.16. The Hall–Kier alpha value is -2.53. The Morgan fingerprint density at radius 1 is 1.14 bits per heavy atom. The zero-order valence-electron chi connectivity index (χ0n) is 15.8. The number of hydrogen-bond donors (Lipinski definition) is 2. The molecule has 6 heteroatoms. The molecule has 0 aliphatic heterocycles. The number of rotatable bonds is 6. The minimum Gasteiger partial charge on any atom is -0.489 e.